The van der Waals surface area contributed by atoms with Crippen LogP contribution in [-0.4, -0.2) is 28.9 Å². The molecule has 0 aliphatic rings. The van der Waals surface area contributed by atoms with E-state index in [0.29, 0.717) is 19.4 Å². The molecule has 0 spiro atoms. The number of pyridine rings is 1. The average Bonchev–Trinajstić information content (AvgIpc) is 3.21. The Kier molecular flexibility index (Phi) is 6.09. The zero-order valence-electron chi connectivity index (χ0n) is 17.0. The van der Waals surface area contributed by atoms with Crippen LogP contribution in [0.15, 0.2) is 85.2 Å². The normalized spacial score (nSPS) is 11.9. The fourth-order valence-electron chi connectivity index (χ4n) is 3.68. The highest BCUT2D eigenvalue weighted by Gasteiger charge is 2.21. The minimum Gasteiger partial charge on any atom is -0.497 e. The number of rotatable bonds is 8. The van der Waals surface area contributed by atoms with Crippen molar-refractivity contribution >= 4 is 11.4 Å². The van der Waals surface area contributed by atoms with E-state index in [4.69, 9.17) is 4.74 Å². The van der Waals surface area contributed by atoms with Gasteiger partial charge in [-0.05, 0) is 41.8 Å². The van der Waals surface area contributed by atoms with Gasteiger partial charge in [-0.1, -0.05) is 48.5 Å². The van der Waals surface area contributed by atoms with E-state index in [2.05, 4.69) is 26.8 Å². The Morgan fingerprint density at radius 2 is 1.90 bits per heavy atom. The third kappa shape index (κ3) is 4.51. The van der Waals surface area contributed by atoms with E-state index in [1.807, 2.05) is 73.1 Å². The molecule has 1 N–H and O–H groups in total. The number of hydrogen-bond acceptors (Lipinski definition) is 3. The average molecular weight is 399 g/mol. The highest BCUT2D eigenvalue weighted by Crippen LogP contribution is 2.25. The Morgan fingerprint density at radius 1 is 1.07 bits per heavy atom. The lowest BCUT2D eigenvalue weighted by Crippen LogP contribution is -2.32. The highest BCUT2D eigenvalue weighted by molar-refractivity contribution is 5.84. The Labute approximate surface area is 176 Å². The SMILES string of the molecule is COc1cccc(C(Cc2ccccc2)C(=O)NCCc2ncc3ccccn23)c1. The van der Waals surface area contributed by atoms with Crippen LogP contribution in [0.3, 0.4) is 0 Å². The third-order valence-corrected chi connectivity index (χ3v) is 5.26. The molecule has 30 heavy (non-hydrogen) atoms. The van der Waals surface area contributed by atoms with Crippen LogP contribution in [0.4, 0.5) is 0 Å². The van der Waals surface area contributed by atoms with Gasteiger partial charge in [0.2, 0.25) is 5.91 Å². The number of fused-ring (bicyclic) bond motifs is 1. The van der Waals surface area contributed by atoms with Crippen molar-refractivity contribution in [1.82, 2.24) is 14.7 Å². The molecule has 0 aliphatic carbocycles. The van der Waals surface area contributed by atoms with E-state index in [1.165, 1.54) is 0 Å². The standard InChI is InChI=1S/C25H25N3O2/c1-30-22-12-7-10-20(17-22)23(16-19-8-3-2-4-9-19)25(29)26-14-13-24-27-18-21-11-5-6-15-28(21)24/h2-12,15,17-18,23H,13-14,16H2,1H3,(H,26,29). The molecule has 4 aromatic rings. The molecule has 152 valence electrons. The number of methoxy groups -OCH3 is 1. The first-order valence-electron chi connectivity index (χ1n) is 10.1. The van der Waals surface area contributed by atoms with Crippen molar-refractivity contribution in [2.45, 2.75) is 18.8 Å². The van der Waals surface area contributed by atoms with Crippen LogP contribution in [0.1, 0.15) is 22.9 Å². The Bertz CT molecular complexity index is 1120. The zero-order chi connectivity index (χ0) is 20.8. The number of carbonyl (C=O) groups excluding carboxylic acids is 1. The number of imidazole rings is 1. The van der Waals surface area contributed by atoms with Crippen LogP contribution < -0.4 is 10.1 Å². The summed E-state index contributed by atoms with van der Waals surface area (Å²) in [7, 11) is 1.64. The van der Waals surface area contributed by atoms with Crippen molar-refractivity contribution in [3.63, 3.8) is 0 Å². The summed E-state index contributed by atoms with van der Waals surface area (Å²) in [4.78, 5) is 17.6. The quantitative estimate of drug-likeness (QED) is 0.487. The zero-order valence-corrected chi connectivity index (χ0v) is 17.0. The highest BCUT2D eigenvalue weighted by atomic mass is 16.5. The van der Waals surface area contributed by atoms with Crippen LogP contribution in [0.5, 0.6) is 5.75 Å². The minimum atomic E-state index is -0.292. The van der Waals surface area contributed by atoms with Gasteiger partial charge < -0.3 is 14.5 Å². The van der Waals surface area contributed by atoms with Crippen molar-refractivity contribution in [1.29, 1.82) is 0 Å². The first kappa shape index (κ1) is 19.7. The summed E-state index contributed by atoms with van der Waals surface area (Å²) < 4.78 is 7.41. The molecular weight excluding hydrogens is 374 g/mol. The van der Waals surface area contributed by atoms with Gasteiger partial charge in [-0.15, -0.1) is 0 Å². The molecule has 1 amide bonds. The summed E-state index contributed by atoms with van der Waals surface area (Å²) in [6.07, 6.45) is 5.14. The summed E-state index contributed by atoms with van der Waals surface area (Å²) in [5.41, 5.74) is 3.12. The Balaban J connectivity index is 1.48. The lowest BCUT2D eigenvalue weighted by molar-refractivity contribution is -0.122. The molecule has 1 unspecified atom stereocenters. The van der Waals surface area contributed by atoms with Gasteiger partial charge in [0.1, 0.15) is 11.6 Å². The predicted octanol–water partition coefficient (Wildman–Crippen LogP) is 4.03. The second kappa shape index (κ2) is 9.27. The molecule has 5 heteroatoms. The van der Waals surface area contributed by atoms with E-state index >= 15 is 0 Å². The Morgan fingerprint density at radius 3 is 2.73 bits per heavy atom. The van der Waals surface area contributed by atoms with Crippen LogP contribution in [0, 0.1) is 0 Å². The molecule has 2 heterocycles. The van der Waals surface area contributed by atoms with Gasteiger partial charge in [-0.3, -0.25) is 4.79 Å². The Hall–Kier alpha value is -3.60. The smallest absolute Gasteiger partial charge is 0.227 e. The van der Waals surface area contributed by atoms with Gasteiger partial charge >= 0.3 is 0 Å². The molecule has 0 aliphatic heterocycles. The van der Waals surface area contributed by atoms with Gasteiger partial charge in [0, 0.05) is 19.2 Å². The summed E-state index contributed by atoms with van der Waals surface area (Å²) in [6.45, 7) is 0.530. The topological polar surface area (TPSA) is 55.6 Å². The van der Waals surface area contributed by atoms with Crippen molar-refractivity contribution in [2.24, 2.45) is 0 Å². The molecule has 0 saturated heterocycles. The van der Waals surface area contributed by atoms with E-state index in [-0.39, 0.29) is 11.8 Å². The molecule has 0 radical (unpaired) electrons. The second-order valence-electron chi connectivity index (χ2n) is 7.23. The minimum absolute atomic E-state index is 0.00738. The summed E-state index contributed by atoms with van der Waals surface area (Å²) in [6, 6.07) is 23.8. The van der Waals surface area contributed by atoms with Crippen molar-refractivity contribution < 1.29 is 9.53 Å². The fraction of sp³-hybridized carbons (Fsp3) is 0.200. The van der Waals surface area contributed by atoms with Crippen LogP contribution in [0.25, 0.3) is 5.52 Å². The molecule has 5 nitrogen and oxygen atoms in total. The molecule has 4 rings (SSSR count). The second-order valence-corrected chi connectivity index (χ2v) is 7.23. The number of benzene rings is 2. The lowest BCUT2D eigenvalue weighted by Gasteiger charge is -2.18. The molecular formula is C25H25N3O2. The summed E-state index contributed by atoms with van der Waals surface area (Å²) in [5.74, 6) is 1.40. The van der Waals surface area contributed by atoms with E-state index in [0.717, 1.165) is 28.2 Å². The molecule has 2 aromatic carbocycles. The van der Waals surface area contributed by atoms with Crippen LogP contribution in [0.2, 0.25) is 0 Å². The first-order valence-corrected chi connectivity index (χ1v) is 10.1. The lowest BCUT2D eigenvalue weighted by atomic mass is 9.91. The largest absolute Gasteiger partial charge is 0.497 e. The predicted molar refractivity (Wildman–Crippen MR) is 118 cm³/mol. The number of aromatic nitrogens is 2. The van der Waals surface area contributed by atoms with Gasteiger partial charge in [0.05, 0.1) is 24.7 Å². The molecule has 1 atom stereocenters. The maximum atomic E-state index is 13.2. The van der Waals surface area contributed by atoms with Crippen LogP contribution in [-0.2, 0) is 17.6 Å². The molecule has 2 aromatic heterocycles. The van der Waals surface area contributed by atoms with Gasteiger partial charge in [-0.2, -0.15) is 0 Å². The first-order chi connectivity index (χ1) is 14.7. The maximum Gasteiger partial charge on any atom is 0.227 e. The van der Waals surface area contributed by atoms with E-state index in [9.17, 15) is 4.79 Å². The summed E-state index contributed by atoms with van der Waals surface area (Å²) >= 11 is 0. The third-order valence-electron chi connectivity index (χ3n) is 5.26. The van der Waals surface area contributed by atoms with Crippen LogP contribution >= 0.6 is 0 Å². The summed E-state index contributed by atoms with van der Waals surface area (Å²) in [5, 5.41) is 3.11. The van der Waals surface area contributed by atoms with E-state index in [1.54, 1.807) is 7.11 Å². The fourth-order valence-corrected chi connectivity index (χ4v) is 3.68. The number of nitrogens with zero attached hydrogens (tertiary/aromatic N) is 2. The van der Waals surface area contributed by atoms with Crippen molar-refractivity contribution in [3.05, 3.63) is 102 Å². The maximum absolute atomic E-state index is 13.2. The molecule has 0 fully saturated rings. The van der Waals surface area contributed by atoms with E-state index < -0.39 is 0 Å². The number of amides is 1. The number of hydrogen-bond donors (Lipinski definition) is 1. The molecule has 0 bridgehead atoms. The van der Waals surface area contributed by atoms with Gasteiger partial charge in [0.15, 0.2) is 0 Å². The van der Waals surface area contributed by atoms with Crippen molar-refractivity contribution in [2.75, 3.05) is 13.7 Å². The van der Waals surface area contributed by atoms with Gasteiger partial charge in [-0.25, -0.2) is 4.98 Å². The number of nitrogens with one attached hydrogen (secondary N) is 1. The monoisotopic (exact) mass is 399 g/mol. The van der Waals surface area contributed by atoms with Crippen molar-refractivity contribution in [3.8, 4) is 5.75 Å². The molecule has 0 saturated carbocycles. The number of carbonyl (C=O) groups is 1. The van der Waals surface area contributed by atoms with Gasteiger partial charge in [0.25, 0.3) is 0 Å². The number of ether oxygens (including phenoxy) is 1.